The third-order valence-electron chi connectivity index (χ3n) is 4.22. The molecule has 1 saturated carbocycles. The van der Waals surface area contributed by atoms with Crippen molar-refractivity contribution in [1.82, 2.24) is 5.32 Å². The average molecular weight is 300 g/mol. The van der Waals surface area contributed by atoms with Crippen LogP contribution in [0.15, 0.2) is 18.2 Å². The molecule has 1 aromatic carbocycles. The van der Waals surface area contributed by atoms with Gasteiger partial charge < -0.3 is 5.32 Å². The van der Waals surface area contributed by atoms with E-state index in [4.69, 9.17) is 23.2 Å². The van der Waals surface area contributed by atoms with Crippen LogP contribution < -0.4 is 5.32 Å². The van der Waals surface area contributed by atoms with Crippen LogP contribution in [-0.4, -0.2) is 6.54 Å². The van der Waals surface area contributed by atoms with Crippen molar-refractivity contribution in [3.8, 4) is 0 Å². The molecule has 106 valence electrons. The van der Waals surface area contributed by atoms with Crippen molar-refractivity contribution in [3.63, 3.8) is 0 Å². The Morgan fingerprint density at radius 1 is 1.21 bits per heavy atom. The highest BCUT2D eigenvalue weighted by Crippen LogP contribution is 2.49. The summed E-state index contributed by atoms with van der Waals surface area (Å²) in [5.74, 6) is 0. The zero-order valence-electron chi connectivity index (χ0n) is 11.8. The Balaban J connectivity index is 1.98. The van der Waals surface area contributed by atoms with E-state index in [9.17, 15) is 0 Å². The summed E-state index contributed by atoms with van der Waals surface area (Å²) in [6.07, 6.45) is 6.46. The lowest BCUT2D eigenvalue weighted by Crippen LogP contribution is -2.28. The first kappa shape index (κ1) is 15.2. The highest BCUT2D eigenvalue weighted by atomic mass is 35.5. The molecule has 0 radical (unpaired) electrons. The van der Waals surface area contributed by atoms with Gasteiger partial charge in [-0.05, 0) is 48.8 Å². The van der Waals surface area contributed by atoms with Crippen LogP contribution in [0.4, 0.5) is 0 Å². The van der Waals surface area contributed by atoms with Gasteiger partial charge in [-0.2, -0.15) is 0 Å². The molecule has 1 fully saturated rings. The van der Waals surface area contributed by atoms with Gasteiger partial charge in [0.05, 0.1) is 10.0 Å². The number of rotatable bonds is 7. The van der Waals surface area contributed by atoms with E-state index in [-0.39, 0.29) is 0 Å². The summed E-state index contributed by atoms with van der Waals surface area (Å²) in [6.45, 7) is 5.61. The fraction of sp³-hybridized carbons (Fsp3) is 0.625. The standard InChI is InChI=1S/C16H23Cl2N/c1-3-7-16(8-9-16)11-19-15(4-2)12-5-6-13(17)14(18)10-12/h5-6,10,15,19H,3-4,7-9,11H2,1-2H3. The maximum absolute atomic E-state index is 6.11. The van der Waals surface area contributed by atoms with E-state index in [1.165, 1.54) is 31.2 Å². The molecule has 2 rings (SSSR count). The molecule has 1 atom stereocenters. The molecule has 0 aliphatic heterocycles. The Bertz CT molecular complexity index is 427. The molecule has 1 aromatic rings. The SMILES string of the molecule is CCCC1(CNC(CC)c2ccc(Cl)c(Cl)c2)CC1. The van der Waals surface area contributed by atoms with E-state index in [2.05, 4.69) is 25.2 Å². The van der Waals surface area contributed by atoms with Crippen LogP contribution in [0.3, 0.4) is 0 Å². The zero-order chi connectivity index (χ0) is 13.9. The molecular formula is C16H23Cl2N. The van der Waals surface area contributed by atoms with E-state index in [0.29, 0.717) is 21.5 Å². The topological polar surface area (TPSA) is 12.0 Å². The molecule has 0 amide bonds. The molecule has 1 unspecified atom stereocenters. The molecule has 0 bridgehead atoms. The predicted octanol–water partition coefficient (Wildman–Crippen LogP) is 5.61. The average Bonchev–Trinajstić information content (AvgIpc) is 3.15. The second kappa shape index (κ2) is 6.47. The maximum atomic E-state index is 6.11. The number of halogens is 2. The van der Waals surface area contributed by atoms with E-state index < -0.39 is 0 Å². The van der Waals surface area contributed by atoms with Crippen molar-refractivity contribution in [2.75, 3.05) is 6.54 Å². The summed E-state index contributed by atoms with van der Waals surface area (Å²) in [4.78, 5) is 0. The smallest absolute Gasteiger partial charge is 0.0595 e. The van der Waals surface area contributed by atoms with Gasteiger partial charge in [0.2, 0.25) is 0 Å². The van der Waals surface area contributed by atoms with Crippen molar-refractivity contribution in [3.05, 3.63) is 33.8 Å². The van der Waals surface area contributed by atoms with Gasteiger partial charge in [-0.1, -0.05) is 49.5 Å². The fourth-order valence-corrected chi connectivity index (χ4v) is 3.10. The first-order valence-electron chi connectivity index (χ1n) is 7.28. The van der Waals surface area contributed by atoms with Crippen molar-refractivity contribution >= 4 is 23.2 Å². The third-order valence-corrected chi connectivity index (χ3v) is 4.95. The first-order chi connectivity index (χ1) is 9.10. The molecule has 1 N–H and O–H groups in total. The number of hydrogen-bond acceptors (Lipinski definition) is 1. The van der Waals surface area contributed by atoms with Crippen molar-refractivity contribution in [1.29, 1.82) is 0 Å². The van der Waals surface area contributed by atoms with Gasteiger partial charge in [0.15, 0.2) is 0 Å². The van der Waals surface area contributed by atoms with Crippen LogP contribution in [0.2, 0.25) is 10.0 Å². The molecule has 19 heavy (non-hydrogen) atoms. The van der Waals surface area contributed by atoms with Crippen LogP contribution in [-0.2, 0) is 0 Å². The molecule has 1 nitrogen and oxygen atoms in total. The normalized spacial score (nSPS) is 18.3. The van der Waals surface area contributed by atoms with E-state index in [1.54, 1.807) is 0 Å². The third kappa shape index (κ3) is 3.87. The fourth-order valence-electron chi connectivity index (χ4n) is 2.79. The first-order valence-corrected chi connectivity index (χ1v) is 8.04. The van der Waals surface area contributed by atoms with Crippen LogP contribution >= 0.6 is 23.2 Å². The van der Waals surface area contributed by atoms with Crippen molar-refractivity contribution < 1.29 is 0 Å². The maximum Gasteiger partial charge on any atom is 0.0595 e. The second-order valence-corrected chi connectivity index (χ2v) is 6.58. The van der Waals surface area contributed by atoms with E-state index in [0.717, 1.165) is 13.0 Å². The summed E-state index contributed by atoms with van der Waals surface area (Å²) in [6, 6.07) is 6.34. The minimum absolute atomic E-state index is 0.379. The van der Waals surface area contributed by atoms with Crippen LogP contribution in [0.25, 0.3) is 0 Å². The lowest BCUT2D eigenvalue weighted by molar-refractivity contribution is 0.384. The summed E-state index contributed by atoms with van der Waals surface area (Å²) < 4.78 is 0. The molecular weight excluding hydrogens is 277 g/mol. The Labute approximate surface area is 126 Å². The molecule has 3 heteroatoms. The van der Waals surface area contributed by atoms with Crippen LogP contribution in [0.5, 0.6) is 0 Å². The Kier molecular flexibility index (Phi) is 5.16. The van der Waals surface area contributed by atoms with Gasteiger partial charge in [-0.3, -0.25) is 0 Å². The summed E-state index contributed by atoms with van der Waals surface area (Å²) in [5.41, 5.74) is 1.82. The van der Waals surface area contributed by atoms with E-state index in [1.807, 2.05) is 12.1 Å². The molecule has 0 heterocycles. The predicted molar refractivity (Wildman–Crippen MR) is 84.1 cm³/mol. The zero-order valence-corrected chi connectivity index (χ0v) is 13.3. The van der Waals surface area contributed by atoms with E-state index >= 15 is 0 Å². The Morgan fingerprint density at radius 3 is 2.47 bits per heavy atom. The van der Waals surface area contributed by atoms with Gasteiger partial charge >= 0.3 is 0 Å². The lowest BCUT2D eigenvalue weighted by Gasteiger charge is -2.22. The van der Waals surface area contributed by atoms with Gasteiger partial charge in [0.25, 0.3) is 0 Å². The van der Waals surface area contributed by atoms with Crippen LogP contribution in [0.1, 0.15) is 57.6 Å². The van der Waals surface area contributed by atoms with Crippen molar-refractivity contribution in [2.45, 2.75) is 52.0 Å². The minimum atomic E-state index is 0.379. The Morgan fingerprint density at radius 2 is 1.95 bits per heavy atom. The van der Waals surface area contributed by atoms with Gasteiger partial charge in [0.1, 0.15) is 0 Å². The molecule has 1 aliphatic rings. The summed E-state index contributed by atoms with van der Waals surface area (Å²) in [7, 11) is 0. The number of benzene rings is 1. The highest BCUT2D eigenvalue weighted by molar-refractivity contribution is 6.42. The van der Waals surface area contributed by atoms with Gasteiger partial charge in [-0.15, -0.1) is 0 Å². The molecule has 0 spiro atoms. The number of hydrogen-bond donors (Lipinski definition) is 1. The van der Waals surface area contributed by atoms with Crippen molar-refractivity contribution in [2.24, 2.45) is 5.41 Å². The van der Waals surface area contributed by atoms with Gasteiger partial charge in [-0.25, -0.2) is 0 Å². The molecule has 1 aliphatic carbocycles. The second-order valence-electron chi connectivity index (χ2n) is 5.77. The molecule has 0 aromatic heterocycles. The largest absolute Gasteiger partial charge is 0.309 e. The highest BCUT2D eigenvalue weighted by Gasteiger charge is 2.41. The molecule has 0 saturated heterocycles. The quantitative estimate of drug-likeness (QED) is 0.689. The summed E-state index contributed by atoms with van der Waals surface area (Å²) >= 11 is 12.1. The minimum Gasteiger partial charge on any atom is -0.309 e. The van der Waals surface area contributed by atoms with Crippen LogP contribution in [0, 0.1) is 5.41 Å². The lowest BCUT2D eigenvalue weighted by atomic mass is 9.98. The monoisotopic (exact) mass is 299 g/mol. The summed E-state index contributed by atoms with van der Waals surface area (Å²) in [5, 5.41) is 5.00. The number of nitrogens with one attached hydrogen (secondary N) is 1. The van der Waals surface area contributed by atoms with Gasteiger partial charge in [0, 0.05) is 12.6 Å². The Hall–Kier alpha value is -0.240.